The molecule has 1 aliphatic rings. The molecule has 1 saturated carbocycles. The summed E-state index contributed by atoms with van der Waals surface area (Å²) in [5, 5.41) is 2.80. The number of benzene rings is 1. The van der Waals surface area contributed by atoms with E-state index in [0.717, 1.165) is 25.7 Å². The molecule has 2 atom stereocenters. The molecule has 1 amide bonds. The van der Waals surface area contributed by atoms with Gasteiger partial charge in [0.15, 0.2) is 0 Å². The van der Waals surface area contributed by atoms with E-state index in [1.165, 1.54) is 12.1 Å². The van der Waals surface area contributed by atoms with Crippen LogP contribution in [-0.2, 0) is 0 Å². The summed E-state index contributed by atoms with van der Waals surface area (Å²) in [6.45, 7) is 0.584. The molecule has 106 valence electrons. The smallest absolute Gasteiger partial charge is 0.254 e. The molecule has 19 heavy (non-hydrogen) atoms. The zero-order valence-electron chi connectivity index (χ0n) is 10.8. The monoisotopic (exact) mass is 286 g/mol. The van der Waals surface area contributed by atoms with E-state index < -0.39 is 5.82 Å². The largest absolute Gasteiger partial charge is 0.352 e. The first-order valence-electron chi connectivity index (χ1n) is 6.45. The van der Waals surface area contributed by atoms with Gasteiger partial charge in [0.1, 0.15) is 5.82 Å². The Kier molecular flexibility index (Phi) is 6.25. The van der Waals surface area contributed by atoms with Crippen LogP contribution < -0.4 is 11.1 Å². The number of hydrogen-bond donors (Lipinski definition) is 2. The Bertz CT molecular complexity index is 428. The normalized spacial score (nSPS) is 22.4. The van der Waals surface area contributed by atoms with Gasteiger partial charge in [-0.05, 0) is 37.3 Å². The van der Waals surface area contributed by atoms with Crippen LogP contribution in [0.4, 0.5) is 4.39 Å². The van der Waals surface area contributed by atoms with Crippen LogP contribution in [-0.4, -0.2) is 18.5 Å². The molecule has 3 nitrogen and oxygen atoms in total. The maximum Gasteiger partial charge on any atom is 0.254 e. The topological polar surface area (TPSA) is 55.1 Å². The second kappa shape index (κ2) is 7.46. The van der Waals surface area contributed by atoms with Gasteiger partial charge in [0.05, 0.1) is 5.56 Å². The Morgan fingerprint density at radius 2 is 2.11 bits per heavy atom. The van der Waals surface area contributed by atoms with Crippen LogP contribution in [0.3, 0.4) is 0 Å². The van der Waals surface area contributed by atoms with Crippen LogP contribution in [0.5, 0.6) is 0 Å². The van der Waals surface area contributed by atoms with Crippen molar-refractivity contribution in [1.29, 1.82) is 0 Å². The van der Waals surface area contributed by atoms with Crippen molar-refractivity contribution in [2.24, 2.45) is 11.7 Å². The lowest BCUT2D eigenvalue weighted by Gasteiger charge is -2.26. The number of halogens is 2. The lowest BCUT2D eigenvalue weighted by molar-refractivity contribution is 0.0938. The van der Waals surface area contributed by atoms with E-state index in [4.69, 9.17) is 5.73 Å². The Balaban J connectivity index is 0.00000180. The van der Waals surface area contributed by atoms with E-state index in [1.54, 1.807) is 12.1 Å². The zero-order valence-corrected chi connectivity index (χ0v) is 11.6. The summed E-state index contributed by atoms with van der Waals surface area (Å²) in [5.41, 5.74) is 6.00. The Hall–Kier alpha value is -1.13. The standard InChI is InChI=1S/C14H19FN2O.ClH/c15-13-7-2-1-6-12(13)14(18)17-9-10-4-3-5-11(16)8-10;/h1-2,6-7,10-11H,3-5,8-9,16H2,(H,17,18);1H. The molecular weight excluding hydrogens is 267 g/mol. The summed E-state index contributed by atoms with van der Waals surface area (Å²) >= 11 is 0. The molecule has 0 heterocycles. The summed E-state index contributed by atoms with van der Waals surface area (Å²) < 4.78 is 13.4. The minimum absolute atomic E-state index is 0. The van der Waals surface area contributed by atoms with Gasteiger partial charge < -0.3 is 11.1 Å². The molecule has 0 aliphatic heterocycles. The summed E-state index contributed by atoms with van der Waals surface area (Å²) in [5.74, 6) is -0.396. The molecule has 2 unspecified atom stereocenters. The molecule has 1 aromatic rings. The van der Waals surface area contributed by atoms with Crippen molar-refractivity contribution in [2.45, 2.75) is 31.7 Å². The maximum atomic E-state index is 13.4. The van der Waals surface area contributed by atoms with E-state index >= 15 is 0 Å². The van der Waals surface area contributed by atoms with Gasteiger partial charge in [-0.1, -0.05) is 18.6 Å². The van der Waals surface area contributed by atoms with Crippen LogP contribution in [0.1, 0.15) is 36.0 Å². The average molecular weight is 287 g/mol. The second-order valence-electron chi connectivity index (χ2n) is 4.98. The molecule has 0 radical (unpaired) electrons. The molecule has 0 aromatic heterocycles. The molecule has 5 heteroatoms. The van der Waals surface area contributed by atoms with Gasteiger partial charge in [-0.25, -0.2) is 4.39 Å². The van der Waals surface area contributed by atoms with Crippen molar-refractivity contribution in [3.63, 3.8) is 0 Å². The first-order chi connectivity index (χ1) is 8.66. The predicted molar refractivity (Wildman–Crippen MR) is 75.9 cm³/mol. The van der Waals surface area contributed by atoms with Crippen molar-refractivity contribution >= 4 is 18.3 Å². The summed E-state index contributed by atoms with van der Waals surface area (Å²) in [7, 11) is 0. The highest BCUT2D eigenvalue weighted by Gasteiger charge is 2.20. The highest BCUT2D eigenvalue weighted by atomic mass is 35.5. The molecule has 1 aromatic carbocycles. The number of nitrogens with two attached hydrogens (primary N) is 1. The molecule has 0 spiro atoms. The highest BCUT2D eigenvalue weighted by Crippen LogP contribution is 2.22. The van der Waals surface area contributed by atoms with E-state index in [1.807, 2.05) is 0 Å². The van der Waals surface area contributed by atoms with Crippen molar-refractivity contribution < 1.29 is 9.18 Å². The van der Waals surface area contributed by atoms with E-state index in [-0.39, 0.29) is 29.9 Å². The molecule has 2 rings (SSSR count). The van der Waals surface area contributed by atoms with Gasteiger partial charge in [0.2, 0.25) is 0 Å². The predicted octanol–water partition coefficient (Wildman–Crippen LogP) is 2.49. The van der Waals surface area contributed by atoms with Crippen LogP contribution >= 0.6 is 12.4 Å². The fraction of sp³-hybridized carbons (Fsp3) is 0.500. The van der Waals surface area contributed by atoms with E-state index in [9.17, 15) is 9.18 Å². The van der Waals surface area contributed by atoms with Gasteiger partial charge >= 0.3 is 0 Å². The molecule has 1 aliphatic carbocycles. The quantitative estimate of drug-likeness (QED) is 0.897. The molecule has 0 saturated heterocycles. The fourth-order valence-corrected chi connectivity index (χ4v) is 2.50. The number of carbonyl (C=O) groups excluding carboxylic acids is 1. The first-order valence-corrected chi connectivity index (χ1v) is 6.45. The third-order valence-electron chi connectivity index (χ3n) is 3.49. The Morgan fingerprint density at radius 1 is 1.37 bits per heavy atom. The third kappa shape index (κ3) is 4.48. The number of rotatable bonds is 3. The highest BCUT2D eigenvalue weighted by molar-refractivity contribution is 5.94. The second-order valence-corrected chi connectivity index (χ2v) is 4.98. The number of hydrogen-bond acceptors (Lipinski definition) is 2. The molecule has 3 N–H and O–H groups in total. The molecular formula is C14H20ClFN2O. The zero-order chi connectivity index (χ0) is 13.0. The van der Waals surface area contributed by atoms with Gasteiger partial charge in [0.25, 0.3) is 5.91 Å². The van der Waals surface area contributed by atoms with E-state index in [0.29, 0.717) is 12.5 Å². The van der Waals surface area contributed by atoms with Gasteiger partial charge in [-0.2, -0.15) is 0 Å². The lowest BCUT2D eigenvalue weighted by atomic mass is 9.86. The van der Waals surface area contributed by atoms with Crippen LogP contribution in [0, 0.1) is 11.7 Å². The number of nitrogens with one attached hydrogen (secondary N) is 1. The molecule has 0 bridgehead atoms. The number of carbonyl (C=O) groups is 1. The van der Waals surface area contributed by atoms with Gasteiger partial charge in [0, 0.05) is 12.6 Å². The SMILES string of the molecule is Cl.NC1CCCC(CNC(=O)c2ccccc2F)C1. The molecule has 1 fully saturated rings. The average Bonchev–Trinajstić information content (AvgIpc) is 2.37. The minimum atomic E-state index is -0.477. The Labute approximate surface area is 119 Å². The van der Waals surface area contributed by atoms with Gasteiger partial charge in [-0.15, -0.1) is 12.4 Å². The van der Waals surface area contributed by atoms with Crippen LogP contribution in [0.2, 0.25) is 0 Å². The van der Waals surface area contributed by atoms with Gasteiger partial charge in [-0.3, -0.25) is 4.79 Å². The fourth-order valence-electron chi connectivity index (χ4n) is 2.50. The maximum absolute atomic E-state index is 13.4. The Morgan fingerprint density at radius 3 is 2.79 bits per heavy atom. The summed E-state index contributed by atoms with van der Waals surface area (Å²) in [6.07, 6.45) is 4.21. The third-order valence-corrected chi connectivity index (χ3v) is 3.49. The van der Waals surface area contributed by atoms with Crippen molar-refractivity contribution in [1.82, 2.24) is 5.32 Å². The summed E-state index contributed by atoms with van der Waals surface area (Å²) in [4.78, 5) is 11.8. The van der Waals surface area contributed by atoms with Crippen molar-refractivity contribution in [2.75, 3.05) is 6.54 Å². The van der Waals surface area contributed by atoms with Crippen LogP contribution in [0.15, 0.2) is 24.3 Å². The lowest BCUT2D eigenvalue weighted by Crippen LogP contribution is -2.35. The summed E-state index contributed by atoms with van der Waals surface area (Å²) in [6, 6.07) is 6.28. The number of amides is 1. The van der Waals surface area contributed by atoms with Crippen molar-refractivity contribution in [3.8, 4) is 0 Å². The first kappa shape index (κ1) is 15.9. The minimum Gasteiger partial charge on any atom is -0.352 e. The van der Waals surface area contributed by atoms with E-state index in [2.05, 4.69) is 5.32 Å². The van der Waals surface area contributed by atoms with Crippen LogP contribution in [0.25, 0.3) is 0 Å². The van der Waals surface area contributed by atoms with Crippen molar-refractivity contribution in [3.05, 3.63) is 35.6 Å².